The third kappa shape index (κ3) is 1.98. The number of fused-ring (bicyclic) bond motifs is 1. The van der Waals surface area contributed by atoms with Gasteiger partial charge in [0, 0.05) is 16.2 Å². The molecule has 0 saturated heterocycles. The maximum Gasteiger partial charge on any atom is 0.573 e. The highest BCUT2D eigenvalue weighted by molar-refractivity contribution is 7.17. The third-order valence-corrected chi connectivity index (χ3v) is 2.43. The maximum atomic E-state index is 11.8. The number of benzene rings is 1. The standard InChI is InChI=1S/C9H4F3OS/c10-9(11,12)13-7-1-2-8-6(5-7)3-4-14-8/h1-2,4-5H. The largest absolute Gasteiger partial charge is 0.573 e. The highest BCUT2D eigenvalue weighted by atomic mass is 32.1. The topological polar surface area (TPSA) is 9.23 Å². The van der Waals surface area contributed by atoms with Crippen molar-refractivity contribution < 1.29 is 17.9 Å². The van der Waals surface area contributed by atoms with Gasteiger partial charge in [-0.3, -0.25) is 0 Å². The Morgan fingerprint density at radius 1 is 1.29 bits per heavy atom. The van der Waals surface area contributed by atoms with Crippen LogP contribution in [0.3, 0.4) is 0 Å². The summed E-state index contributed by atoms with van der Waals surface area (Å²) in [6.07, 6.45) is -4.64. The van der Waals surface area contributed by atoms with Gasteiger partial charge >= 0.3 is 6.36 Å². The Morgan fingerprint density at radius 2 is 2.07 bits per heavy atom. The molecule has 0 aliphatic rings. The third-order valence-electron chi connectivity index (χ3n) is 1.58. The number of alkyl halides is 3. The van der Waals surface area contributed by atoms with Crippen molar-refractivity contribution >= 4 is 21.4 Å². The van der Waals surface area contributed by atoms with E-state index in [1.165, 1.54) is 23.5 Å². The van der Waals surface area contributed by atoms with Gasteiger partial charge in [0.25, 0.3) is 0 Å². The van der Waals surface area contributed by atoms with Gasteiger partial charge in [-0.15, -0.1) is 24.5 Å². The van der Waals surface area contributed by atoms with Crippen LogP contribution in [0.4, 0.5) is 13.2 Å². The minimum absolute atomic E-state index is 0.209. The predicted octanol–water partition coefficient (Wildman–Crippen LogP) is 3.60. The molecule has 73 valence electrons. The number of hydrogen-bond donors (Lipinski definition) is 0. The Bertz CT molecular complexity index is 446. The fraction of sp³-hybridized carbons (Fsp3) is 0.111. The van der Waals surface area contributed by atoms with Crippen LogP contribution in [0, 0.1) is 6.07 Å². The van der Waals surface area contributed by atoms with Gasteiger partial charge in [0.2, 0.25) is 0 Å². The lowest BCUT2D eigenvalue weighted by atomic mass is 10.2. The Kier molecular flexibility index (Phi) is 2.11. The van der Waals surface area contributed by atoms with Crippen LogP contribution in [0.15, 0.2) is 23.6 Å². The average molecular weight is 217 g/mol. The lowest BCUT2D eigenvalue weighted by Crippen LogP contribution is -2.16. The van der Waals surface area contributed by atoms with Crippen molar-refractivity contribution in [1.82, 2.24) is 0 Å². The molecule has 0 amide bonds. The van der Waals surface area contributed by atoms with Crippen molar-refractivity contribution in [2.24, 2.45) is 0 Å². The summed E-state index contributed by atoms with van der Waals surface area (Å²) >= 11 is 1.42. The highest BCUT2D eigenvalue weighted by Gasteiger charge is 2.31. The van der Waals surface area contributed by atoms with E-state index in [9.17, 15) is 13.2 Å². The first kappa shape index (κ1) is 9.33. The summed E-state index contributed by atoms with van der Waals surface area (Å²) < 4.78 is 40.2. The van der Waals surface area contributed by atoms with Crippen LogP contribution in [-0.2, 0) is 0 Å². The molecule has 1 aromatic heterocycles. The Balaban J connectivity index is 2.35. The first-order valence-electron chi connectivity index (χ1n) is 3.69. The molecule has 0 spiro atoms. The van der Waals surface area contributed by atoms with Crippen LogP contribution < -0.4 is 4.74 Å². The van der Waals surface area contributed by atoms with Crippen LogP contribution in [0.5, 0.6) is 5.75 Å². The smallest absolute Gasteiger partial charge is 0.406 e. The van der Waals surface area contributed by atoms with E-state index in [4.69, 9.17) is 0 Å². The molecule has 14 heavy (non-hydrogen) atoms. The van der Waals surface area contributed by atoms with Crippen molar-refractivity contribution in [2.75, 3.05) is 0 Å². The lowest BCUT2D eigenvalue weighted by molar-refractivity contribution is -0.274. The maximum absolute atomic E-state index is 11.8. The molecule has 5 heteroatoms. The first-order valence-corrected chi connectivity index (χ1v) is 4.57. The van der Waals surface area contributed by atoms with Gasteiger partial charge in [0.1, 0.15) is 5.75 Å². The second kappa shape index (κ2) is 3.16. The fourth-order valence-electron chi connectivity index (χ4n) is 1.08. The molecule has 0 unspecified atom stereocenters. The summed E-state index contributed by atoms with van der Waals surface area (Å²) in [6, 6.07) is 7.01. The van der Waals surface area contributed by atoms with E-state index in [0.29, 0.717) is 5.39 Å². The van der Waals surface area contributed by atoms with Gasteiger partial charge < -0.3 is 4.74 Å². The van der Waals surface area contributed by atoms with Gasteiger partial charge in [-0.05, 0) is 23.6 Å². The zero-order chi connectivity index (χ0) is 10.2. The molecule has 0 aliphatic heterocycles. The molecule has 0 fully saturated rings. The Morgan fingerprint density at radius 3 is 2.79 bits per heavy atom. The number of thiophene rings is 1. The molecule has 1 heterocycles. The molecule has 0 saturated carbocycles. The molecule has 1 radical (unpaired) electrons. The van der Waals surface area contributed by atoms with Crippen molar-refractivity contribution in [1.29, 1.82) is 0 Å². The molecular weight excluding hydrogens is 213 g/mol. The second-order valence-electron chi connectivity index (χ2n) is 2.59. The van der Waals surface area contributed by atoms with Gasteiger partial charge in [-0.2, -0.15) is 0 Å². The fourth-order valence-corrected chi connectivity index (χ4v) is 1.78. The van der Waals surface area contributed by atoms with E-state index in [0.717, 1.165) is 4.70 Å². The monoisotopic (exact) mass is 217 g/mol. The molecule has 2 aromatic rings. The minimum atomic E-state index is -4.64. The quantitative estimate of drug-likeness (QED) is 0.709. The Labute approximate surface area is 81.7 Å². The molecule has 0 N–H and O–H groups in total. The second-order valence-corrected chi connectivity index (χ2v) is 3.50. The van der Waals surface area contributed by atoms with Crippen molar-refractivity contribution in [3.05, 3.63) is 29.6 Å². The molecule has 1 aromatic carbocycles. The first-order chi connectivity index (χ1) is 6.54. The number of halogens is 3. The lowest BCUT2D eigenvalue weighted by Gasteiger charge is -2.08. The van der Waals surface area contributed by atoms with E-state index in [2.05, 4.69) is 10.8 Å². The molecule has 0 aliphatic carbocycles. The molecular formula is C9H4F3OS. The van der Waals surface area contributed by atoms with Crippen LogP contribution in [0.25, 0.3) is 10.1 Å². The van der Waals surface area contributed by atoms with Gasteiger partial charge in [-0.1, -0.05) is 0 Å². The average Bonchev–Trinajstić information content (AvgIpc) is 2.47. The van der Waals surface area contributed by atoms with Crippen LogP contribution in [0.1, 0.15) is 0 Å². The number of rotatable bonds is 1. The SMILES string of the molecule is FC(F)(F)Oc1ccc2sc[c]c2c1. The highest BCUT2D eigenvalue weighted by Crippen LogP contribution is 2.28. The van der Waals surface area contributed by atoms with Crippen molar-refractivity contribution in [3.8, 4) is 5.75 Å². The van der Waals surface area contributed by atoms with E-state index >= 15 is 0 Å². The predicted molar refractivity (Wildman–Crippen MR) is 47.3 cm³/mol. The zero-order valence-corrected chi connectivity index (χ0v) is 7.58. The van der Waals surface area contributed by atoms with Crippen LogP contribution in [0.2, 0.25) is 0 Å². The van der Waals surface area contributed by atoms with Crippen molar-refractivity contribution in [2.45, 2.75) is 6.36 Å². The molecule has 0 bridgehead atoms. The van der Waals surface area contributed by atoms with E-state index in [1.54, 1.807) is 11.4 Å². The minimum Gasteiger partial charge on any atom is -0.406 e. The van der Waals surface area contributed by atoms with E-state index < -0.39 is 6.36 Å². The normalized spacial score (nSPS) is 11.9. The summed E-state index contributed by atoms with van der Waals surface area (Å²) in [6.45, 7) is 0. The van der Waals surface area contributed by atoms with Gasteiger partial charge in [-0.25, -0.2) is 0 Å². The summed E-state index contributed by atoms with van der Waals surface area (Å²) in [7, 11) is 0. The number of ether oxygens (including phenoxy) is 1. The van der Waals surface area contributed by atoms with E-state index in [-0.39, 0.29) is 5.75 Å². The molecule has 0 atom stereocenters. The van der Waals surface area contributed by atoms with E-state index in [1.807, 2.05) is 0 Å². The van der Waals surface area contributed by atoms with Gasteiger partial charge in [0.05, 0.1) is 0 Å². The van der Waals surface area contributed by atoms with Crippen molar-refractivity contribution in [3.63, 3.8) is 0 Å². The molecule has 1 nitrogen and oxygen atoms in total. The summed E-state index contributed by atoms with van der Waals surface area (Å²) in [5.41, 5.74) is 0. The van der Waals surface area contributed by atoms with Crippen LogP contribution in [-0.4, -0.2) is 6.36 Å². The summed E-state index contributed by atoms with van der Waals surface area (Å²) in [4.78, 5) is 0. The van der Waals surface area contributed by atoms with Gasteiger partial charge in [0.15, 0.2) is 0 Å². The summed E-state index contributed by atoms with van der Waals surface area (Å²) in [5.74, 6) is -0.209. The molecule has 2 rings (SSSR count). The number of hydrogen-bond acceptors (Lipinski definition) is 2. The van der Waals surface area contributed by atoms with Crippen LogP contribution >= 0.6 is 11.3 Å². The Hall–Kier alpha value is -1.23. The zero-order valence-electron chi connectivity index (χ0n) is 6.76. The summed E-state index contributed by atoms with van der Waals surface area (Å²) in [5, 5.41) is 2.33.